The first-order valence-corrected chi connectivity index (χ1v) is 13.9. The fourth-order valence-electron chi connectivity index (χ4n) is 3.28. The summed E-state index contributed by atoms with van der Waals surface area (Å²) in [7, 11) is 9.78. The van der Waals surface area contributed by atoms with Crippen LogP contribution in [-0.4, -0.2) is 5.11 Å². The molecule has 0 fully saturated rings. The van der Waals surface area contributed by atoms with E-state index in [1.807, 2.05) is 72.8 Å². The Labute approximate surface area is 196 Å². The van der Waals surface area contributed by atoms with Crippen LogP contribution in [0, 0.1) is 6.07 Å². The van der Waals surface area contributed by atoms with Gasteiger partial charge in [-0.05, 0) is 31.4 Å². The van der Waals surface area contributed by atoms with Crippen LogP contribution < -0.4 is 0 Å². The summed E-state index contributed by atoms with van der Waals surface area (Å²) in [4.78, 5) is 0. The average molecular weight is 472 g/mol. The second-order valence-corrected chi connectivity index (χ2v) is 9.48. The van der Waals surface area contributed by atoms with Gasteiger partial charge in [0.1, 0.15) is 6.10 Å². The van der Waals surface area contributed by atoms with E-state index in [4.69, 9.17) is 18.6 Å². The van der Waals surface area contributed by atoms with Crippen molar-refractivity contribution < 1.29 is 22.1 Å². The zero-order valence-corrected chi connectivity index (χ0v) is 20.2. The van der Waals surface area contributed by atoms with Crippen molar-refractivity contribution in [3.8, 4) is 0 Å². The summed E-state index contributed by atoms with van der Waals surface area (Å²) < 4.78 is 0. The van der Waals surface area contributed by atoms with E-state index in [2.05, 4.69) is 38.1 Å². The minimum atomic E-state index is -0.556. The Balaban J connectivity index is 0.000000190. The molecule has 4 rings (SSSR count). The minimum absolute atomic E-state index is 0.516. The van der Waals surface area contributed by atoms with Gasteiger partial charge in [0.05, 0.1) is 0 Å². The molecule has 30 heavy (non-hydrogen) atoms. The van der Waals surface area contributed by atoms with E-state index in [1.54, 1.807) is 0 Å². The average Bonchev–Trinajstić information content (AvgIpc) is 3.14. The van der Waals surface area contributed by atoms with E-state index < -0.39 is 23.1 Å². The standard InChI is InChI=1S/C13H12O.C13H13.2ClH.Ti/c14-13(11-7-3-1-4-8-11)12-9-5-2-6-10-12;1-10-8-11(2)13(9-10)12-6-4-3-5-7-12;;;/h1-10,13-14H;3-6,8H,9H2,1-2H3;2*1H;/q;-1;;;+2/p-2. The van der Waals surface area contributed by atoms with Crippen molar-refractivity contribution in [1.82, 2.24) is 0 Å². The molecule has 1 aliphatic carbocycles. The molecule has 0 saturated heterocycles. The zero-order chi connectivity index (χ0) is 21.8. The summed E-state index contributed by atoms with van der Waals surface area (Å²) >= 11 is -0.556. The number of aliphatic hydroxyl groups is 1. The molecule has 0 atom stereocenters. The third kappa shape index (κ3) is 7.91. The van der Waals surface area contributed by atoms with Crippen LogP contribution in [0.5, 0.6) is 0 Å². The number of allylic oxidation sites excluding steroid dienone is 4. The number of rotatable bonds is 3. The molecule has 0 radical (unpaired) electrons. The predicted molar refractivity (Wildman–Crippen MR) is 125 cm³/mol. The SMILES string of the molecule is CC1=CC(C)=C(c2[c-]cccc2)C1.OC(c1ccccc1)c1ccccc1.[Cl][Ti][Cl]. The molecule has 0 bridgehead atoms. The van der Waals surface area contributed by atoms with E-state index >= 15 is 0 Å². The second kappa shape index (κ2) is 13.6. The van der Waals surface area contributed by atoms with Crippen LogP contribution in [0.3, 0.4) is 0 Å². The van der Waals surface area contributed by atoms with Crippen molar-refractivity contribution in [2.75, 3.05) is 0 Å². The maximum atomic E-state index is 9.99. The van der Waals surface area contributed by atoms with Crippen molar-refractivity contribution in [2.45, 2.75) is 26.4 Å². The molecule has 0 saturated carbocycles. The van der Waals surface area contributed by atoms with Crippen molar-refractivity contribution in [3.63, 3.8) is 0 Å². The van der Waals surface area contributed by atoms with Crippen LogP contribution in [0.4, 0.5) is 0 Å². The van der Waals surface area contributed by atoms with Crippen LogP contribution in [0.2, 0.25) is 0 Å². The number of halogens is 2. The molecule has 0 heterocycles. The van der Waals surface area contributed by atoms with Crippen LogP contribution in [0.1, 0.15) is 43.1 Å². The van der Waals surface area contributed by atoms with E-state index in [-0.39, 0.29) is 0 Å². The van der Waals surface area contributed by atoms with Crippen LogP contribution in [-0.2, 0) is 17.0 Å². The van der Waals surface area contributed by atoms with E-state index in [0.29, 0.717) is 0 Å². The fraction of sp³-hybridized carbons (Fsp3) is 0.154. The van der Waals surface area contributed by atoms with Crippen LogP contribution in [0.15, 0.2) is 102 Å². The van der Waals surface area contributed by atoms with Gasteiger partial charge in [-0.1, -0.05) is 77.9 Å². The predicted octanol–water partition coefficient (Wildman–Crippen LogP) is 7.76. The summed E-state index contributed by atoms with van der Waals surface area (Å²) in [6, 6.07) is 30.8. The number of hydrogen-bond acceptors (Lipinski definition) is 1. The molecule has 3 aromatic rings. The van der Waals surface area contributed by atoms with E-state index in [9.17, 15) is 5.11 Å². The Hall–Kier alpha value is -1.61. The molecule has 1 aliphatic rings. The van der Waals surface area contributed by atoms with Gasteiger partial charge in [-0.3, -0.25) is 0 Å². The van der Waals surface area contributed by atoms with Gasteiger partial charge in [0.2, 0.25) is 0 Å². The molecule has 4 heteroatoms. The molecule has 0 amide bonds. The molecule has 0 unspecified atom stereocenters. The first kappa shape index (κ1) is 24.7. The molecular weight excluding hydrogens is 447 g/mol. The molecule has 3 aromatic carbocycles. The molecule has 154 valence electrons. The van der Waals surface area contributed by atoms with Crippen molar-refractivity contribution >= 4 is 24.2 Å². The van der Waals surface area contributed by atoms with Gasteiger partial charge in [0.25, 0.3) is 0 Å². The third-order valence-electron chi connectivity index (χ3n) is 4.66. The van der Waals surface area contributed by atoms with Gasteiger partial charge in [0, 0.05) is 0 Å². The van der Waals surface area contributed by atoms with E-state index in [1.165, 1.54) is 22.3 Å². The second-order valence-electron chi connectivity index (χ2n) is 6.90. The van der Waals surface area contributed by atoms with Gasteiger partial charge >= 0.3 is 35.6 Å². The maximum absolute atomic E-state index is 9.99. The van der Waals surface area contributed by atoms with Crippen molar-refractivity contribution in [1.29, 1.82) is 0 Å². The Morgan fingerprint density at radius 2 is 1.33 bits per heavy atom. The Morgan fingerprint density at radius 1 is 0.833 bits per heavy atom. The Morgan fingerprint density at radius 3 is 1.73 bits per heavy atom. The summed E-state index contributed by atoms with van der Waals surface area (Å²) in [6.45, 7) is 4.35. The fourth-order valence-corrected chi connectivity index (χ4v) is 3.28. The quantitative estimate of drug-likeness (QED) is 0.305. The summed E-state index contributed by atoms with van der Waals surface area (Å²) in [6.07, 6.45) is 2.83. The first-order chi connectivity index (χ1) is 14.6. The number of benzene rings is 3. The van der Waals surface area contributed by atoms with Gasteiger partial charge in [-0.15, -0.1) is 41.5 Å². The summed E-state index contributed by atoms with van der Waals surface area (Å²) in [5.74, 6) is 0. The molecule has 0 aromatic heterocycles. The molecular formula is C26H25Cl2OTi-. The zero-order valence-electron chi connectivity index (χ0n) is 17.1. The molecule has 1 nitrogen and oxygen atoms in total. The van der Waals surface area contributed by atoms with Gasteiger partial charge in [-0.2, -0.15) is 0 Å². The van der Waals surface area contributed by atoms with Crippen LogP contribution >= 0.6 is 18.6 Å². The van der Waals surface area contributed by atoms with Gasteiger partial charge < -0.3 is 5.11 Å². The number of hydrogen-bond donors (Lipinski definition) is 1. The van der Waals surface area contributed by atoms with Crippen molar-refractivity contribution in [2.24, 2.45) is 0 Å². The Bertz CT molecular complexity index is 899. The number of aliphatic hydroxyl groups excluding tert-OH is 1. The Kier molecular flexibility index (Phi) is 11.2. The topological polar surface area (TPSA) is 20.2 Å². The first-order valence-electron chi connectivity index (χ1n) is 9.65. The molecule has 0 spiro atoms. The normalized spacial score (nSPS) is 12.4. The van der Waals surface area contributed by atoms with Gasteiger partial charge in [0.15, 0.2) is 0 Å². The summed E-state index contributed by atoms with van der Waals surface area (Å²) in [5.41, 5.74) is 7.37. The third-order valence-corrected chi connectivity index (χ3v) is 4.66. The van der Waals surface area contributed by atoms with E-state index in [0.717, 1.165) is 17.5 Å². The van der Waals surface area contributed by atoms with Crippen molar-refractivity contribution in [3.05, 3.63) is 125 Å². The molecule has 0 aliphatic heterocycles. The summed E-state index contributed by atoms with van der Waals surface area (Å²) in [5, 5.41) is 9.99. The molecule has 1 N–H and O–H groups in total. The van der Waals surface area contributed by atoms with Crippen LogP contribution in [0.25, 0.3) is 5.57 Å². The van der Waals surface area contributed by atoms with Gasteiger partial charge in [-0.25, -0.2) is 0 Å². The monoisotopic (exact) mass is 471 g/mol.